The minimum Gasteiger partial charge on any atom is -0.389 e. The van der Waals surface area contributed by atoms with Gasteiger partial charge in [0.15, 0.2) is 0 Å². The van der Waals surface area contributed by atoms with Crippen LogP contribution in [0.5, 0.6) is 0 Å². The first-order valence-corrected chi connectivity index (χ1v) is 9.40. The predicted octanol–water partition coefficient (Wildman–Crippen LogP) is 2.91. The normalized spacial score (nSPS) is 18.2. The van der Waals surface area contributed by atoms with Gasteiger partial charge in [-0.15, -0.1) is 11.3 Å². The molecule has 0 spiro atoms. The van der Waals surface area contributed by atoms with Gasteiger partial charge in [0.05, 0.1) is 37.1 Å². The monoisotopic (exact) mass is 356 g/mol. The molecule has 3 aromatic rings. The molecule has 0 radical (unpaired) electrons. The Morgan fingerprint density at radius 3 is 3.16 bits per heavy atom. The van der Waals surface area contributed by atoms with E-state index >= 15 is 0 Å². The molecule has 130 valence electrons. The Hall–Kier alpha value is -2.02. The standard InChI is InChI=1S/C19H20N2O3S/c22-14(10-21-12-20-18-16(19(21)23)8-9-25-18)11-24-17-7-3-5-13-4-1-2-6-15(13)17/h1-2,4,6,8-9,12,14,17,22H,3,5,7,10-11H2/t14-,17+/m0/s1. The number of aliphatic hydroxyl groups excluding tert-OH is 1. The van der Waals surface area contributed by atoms with Gasteiger partial charge in [-0.1, -0.05) is 24.3 Å². The lowest BCUT2D eigenvalue weighted by Crippen LogP contribution is -2.30. The molecule has 0 aliphatic heterocycles. The molecule has 2 aromatic heterocycles. The van der Waals surface area contributed by atoms with Crippen molar-refractivity contribution in [2.45, 2.75) is 38.0 Å². The maximum atomic E-state index is 12.4. The van der Waals surface area contributed by atoms with Crippen LogP contribution in [0.4, 0.5) is 0 Å². The number of aryl methyl sites for hydroxylation is 1. The highest BCUT2D eigenvalue weighted by Crippen LogP contribution is 2.32. The maximum Gasteiger partial charge on any atom is 0.262 e. The summed E-state index contributed by atoms with van der Waals surface area (Å²) < 4.78 is 7.43. The molecule has 0 saturated heterocycles. The Morgan fingerprint density at radius 2 is 2.24 bits per heavy atom. The van der Waals surface area contributed by atoms with Crippen LogP contribution >= 0.6 is 11.3 Å². The SMILES string of the molecule is O=c1c2ccsc2ncn1C[C@H](O)CO[C@@H]1CCCc2ccccc21. The number of rotatable bonds is 5. The number of aliphatic hydroxyl groups is 1. The van der Waals surface area contributed by atoms with Crippen LogP contribution in [0.25, 0.3) is 10.2 Å². The van der Waals surface area contributed by atoms with E-state index in [1.54, 1.807) is 6.07 Å². The van der Waals surface area contributed by atoms with Crippen LogP contribution in [0.1, 0.15) is 30.1 Å². The summed E-state index contributed by atoms with van der Waals surface area (Å²) in [5.74, 6) is 0. The molecule has 1 aromatic carbocycles. The highest BCUT2D eigenvalue weighted by Gasteiger charge is 2.21. The Labute approximate surface area is 149 Å². The zero-order valence-corrected chi connectivity index (χ0v) is 14.6. The molecule has 0 amide bonds. The highest BCUT2D eigenvalue weighted by molar-refractivity contribution is 7.16. The molecule has 0 unspecified atom stereocenters. The van der Waals surface area contributed by atoms with Crippen molar-refractivity contribution >= 4 is 21.6 Å². The van der Waals surface area contributed by atoms with Crippen molar-refractivity contribution in [3.05, 3.63) is 63.5 Å². The molecule has 5 nitrogen and oxygen atoms in total. The second-order valence-electron chi connectivity index (χ2n) is 6.41. The molecule has 25 heavy (non-hydrogen) atoms. The number of benzene rings is 1. The Kier molecular flexibility index (Phi) is 4.65. The van der Waals surface area contributed by atoms with Crippen LogP contribution in [-0.4, -0.2) is 27.4 Å². The van der Waals surface area contributed by atoms with Crippen molar-refractivity contribution in [2.24, 2.45) is 0 Å². The molecule has 4 rings (SSSR count). The summed E-state index contributed by atoms with van der Waals surface area (Å²) in [5, 5.41) is 12.8. The van der Waals surface area contributed by atoms with E-state index < -0.39 is 6.10 Å². The van der Waals surface area contributed by atoms with E-state index in [9.17, 15) is 9.90 Å². The van der Waals surface area contributed by atoms with Gasteiger partial charge >= 0.3 is 0 Å². The first-order chi connectivity index (χ1) is 12.2. The average Bonchev–Trinajstić information content (AvgIpc) is 3.12. The molecular formula is C19H20N2O3S. The number of ether oxygens (including phenoxy) is 1. The minimum absolute atomic E-state index is 0.0220. The molecule has 1 N–H and O–H groups in total. The fourth-order valence-electron chi connectivity index (χ4n) is 3.41. The van der Waals surface area contributed by atoms with Crippen LogP contribution in [0.3, 0.4) is 0 Å². The van der Waals surface area contributed by atoms with Crippen molar-refractivity contribution in [2.75, 3.05) is 6.61 Å². The lowest BCUT2D eigenvalue weighted by atomic mass is 9.89. The third-order valence-corrected chi connectivity index (χ3v) is 5.48. The summed E-state index contributed by atoms with van der Waals surface area (Å²) >= 11 is 1.44. The number of fused-ring (bicyclic) bond motifs is 2. The lowest BCUT2D eigenvalue weighted by molar-refractivity contribution is -0.0228. The van der Waals surface area contributed by atoms with Gasteiger partial charge in [0, 0.05) is 0 Å². The van der Waals surface area contributed by atoms with Gasteiger partial charge in [-0.3, -0.25) is 9.36 Å². The first kappa shape index (κ1) is 16.4. The third-order valence-electron chi connectivity index (χ3n) is 4.66. The highest BCUT2D eigenvalue weighted by atomic mass is 32.1. The molecule has 0 fully saturated rings. The zero-order chi connectivity index (χ0) is 17.2. The summed E-state index contributed by atoms with van der Waals surface area (Å²) in [7, 11) is 0. The summed E-state index contributed by atoms with van der Waals surface area (Å²) in [4.78, 5) is 17.4. The maximum absolute atomic E-state index is 12.4. The van der Waals surface area contributed by atoms with Gasteiger partial charge in [0.2, 0.25) is 0 Å². The van der Waals surface area contributed by atoms with Gasteiger partial charge in [-0.2, -0.15) is 0 Å². The van der Waals surface area contributed by atoms with E-state index in [1.807, 2.05) is 11.4 Å². The average molecular weight is 356 g/mol. The summed E-state index contributed by atoms with van der Waals surface area (Å²) in [6.07, 6.45) is 3.92. The van der Waals surface area contributed by atoms with E-state index in [0.717, 1.165) is 24.1 Å². The van der Waals surface area contributed by atoms with E-state index in [2.05, 4.69) is 23.2 Å². The molecule has 2 atom stereocenters. The van der Waals surface area contributed by atoms with Crippen molar-refractivity contribution in [3.8, 4) is 0 Å². The zero-order valence-electron chi connectivity index (χ0n) is 13.8. The van der Waals surface area contributed by atoms with Crippen molar-refractivity contribution in [1.82, 2.24) is 9.55 Å². The molecule has 0 saturated carbocycles. The fraction of sp³-hybridized carbons (Fsp3) is 0.368. The van der Waals surface area contributed by atoms with E-state index in [-0.39, 0.29) is 24.8 Å². The van der Waals surface area contributed by atoms with Gasteiger partial charge in [-0.25, -0.2) is 4.98 Å². The lowest BCUT2D eigenvalue weighted by Gasteiger charge is -2.26. The topological polar surface area (TPSA) is 64.4 Å². The Morgan fingerprint density at radius 1 is 1.36 bits per heavy atom. The van der Waals surface area contributed by atoms with E-state index in [4.69, 9.17) is 4.74 Å². The largest absolute Gasteiger partial charge is 0.389 e. The third kappa shape index (κ3) is 3.38. The van der Waals surface area contributed by atoms with Crippen LogP contribution in [-0.2, 0) is 17.7 Å². The second-order valence-corrected chi connectivity index (χ2v) is 7.30. The molecule has 1 aliphatic carbocycles. The molecule has 1 aliphatic rings. The van der Waals surface area contributed by atoms with Gasteiger partial charge in [0.25, 0.3) is 5.56 Å². The molecule has 2 heterocycles. The van der Waals surface area contributed by atoms with Crippen molar-refractivity contribution in [3.63, 3.8) is 0 Å². The molecule has 0 bridgehead atoms. The smallest absolute Gasteiger partial charge is 0.262 e. The number of hydrogen-bond donors (Lipinski definition) is 1. The van der Waals surface area contributed by atoms with E-state index in [1.165, 1.54) is 33.4 Å². The van der Waals surface area contributed by atoms with Gasteiger partial charge < -0.3 is 9.84 Å². The number of hydrogen-bond acceptors (Lipinski definition) is 5. The van der Waals surface area contributed by atoms with Gasteiger partial charge in [0.1, 0.15) is 4.83 Å². The van der Waals surface area contributed by atoms with Crippen molar-refractivity contribution in [1.29, 1.82) is 0 Å². The van der Waals surface area contributed by atoms with Crippen LogP contribution in [0.15, 0.2) is 46.8 Å². The second kappa shape index (κ2) is 7.07. The van der Waals surface area contributed by atoms with Crippen LogP contribution < -0.4 is 5.56 Å². The first-order valence-electron chi connectivity index (χ1n) is 8.52. The quantitative estimate of drug-likeness (QED) is 0.763. The van der Waals surface area contributed by atoms with Gasteiger partial charge in [-0.05, 0) is 41.8 Å². The Bertz CT molecular complexity index is 934. The number of aromatic nitrogens is 2. The summed E-state index contributed by atoms with van der Waals surface area (Å²) in [5.41, 5.74) is 2.43. The molecular weight excluding hydrogens is 336 g/mol. The predicted molar refractivity (Wildman–Crippen MR) is 98.0 cm³/mol. The Balaban J connectivity index is 1.42. The number of thiophene rings is 1. The summed E-state index contributed by atoms with van der Waals surface area (Å²) in [6, 6.07) is 10.1. The fourth-order valence-corrected chi connectivity index (χ4v) is 4.14. The minimum atomic E-state index is -0.746. The van der Waals surface area contributed by atoms with E-state index in [0.29, 0.717) is 5.39 Å². The van der Waals surface area contributed by atoms with Crippen molar-refractivity contribution < 1.29 is 9.84 Å². The number of nitrogens with zero attached hydrogens (tertiary/aromatic N) is 2. The van der Waals surface area contributed by atoms with Crippen LogP contribution in [0.2, 0.25) is 0 Å². The molecule has 6 heteroatoms. The van der Waals surface area contributed by atoms with Crippen LogP contribution in [0, 0.1) is 0 Å². The summed E-state index contributed by atoms with van der Waals surface area (Å²) in [6.45, 7) is 0.388.